The summed E-state index contributed by atoms with van der Waals surface area (Å²) < 4.78 is 27.6. The molecule has 0 aliphatic carbocycles. The molecule has 0 spiro atoms. The molecular formula is C13H16N2O5S. The first kappa shape index (κ1) is 15.3. The number of ether oxygens (including phenoxy) is 1. The quantitative estimate of drug-likeness (QED) is 0.761. The third-order valence-electron chi connectivity index (χ3n) is 3.10. The van der Waals surface area contributed by atoms with E-state index in [2.05, 4.69) is 10.6 Å². The lowest BCUT2D eigenvalue weighted by molar-refractivity contribution is -0.136. The smallest absolute Gasteiger partial charge is 0.313 e. The first-order valence-electron chi connectivity index (χ1n) is 6.36. The van der Waals surface area contributed by atoms with Crippen LogP contribution >= 0.6 is 0 Å². The van der Waals surface area contributed by atoms with E-state index in [-0.39, 0.29) is 11.5 Å². The summed E-state index contributed by atoms with van der Waals surface area (Å²) >= 11 is 0. The van der Waals surface area contributed by atoms with Crippen LogP contribution in [0.4, 0.5) is 5.69 Å². The van der Waals surface area contributed by atoms with Gasteiger partial charge in [0.05, 0.1) is 18.6 Å². The predicted octanol–water partition coefficient (Wildman–Crippen LogP) is -0.0630. The molecule has 7 nitrogen and oxygen atoms in total. The maximum absolute atomic E-state index is 11.7. The lowest BCUT2D eigenvalue weighted by atomic mass is 10.2. The molecule has 0 aromatic heterocycles. The Labute approximate surface area is 122 Å². The fraction of sp³-hybridized carbons (Fsp3) is 0.385. The zero-order valence-electron chi connectivity index (χ0n) is 11.5. The number of carbonyl (C=O) groups is 2. The van der Waals surface area contributed by atoms with Crippen LogP contribution in [0.15, 0.2) is 24.3 Å². The number of hydrogen-bond donors (Lipinski definition) is 2. The van der Waals surface area contributed by atoms with Gasteiger partial charge in [0.15, 0.2) is 9.84 Å². The maximum Gasteiger partial charge on any atom is 0.313 e. The Morgan fingerprint density at radius 3 is 2.67 bits per heavy atom. The number of anilines is 1. The van der Waals surface area contributed by atoms with Crippen molar-refractivity contribution in [2.45, 2.75) is 12.5 Å². The molecule has 1 aliphatic heterocycles. The minimum Gasteiger partial charge on any atom is -0.497 e. The summed E-state index contributed by atoms with van der Waals surface area (Å²) in [6, 6.07) is 6.08. The fourth-order valence-electron chi connectivity index (χ4n) is 2.05. The van der Waals surface area contributed by atoms with E-state index in [0.717, 1.165) is 0 Å². The van der Waals surface area contributed by atoms with Gasteiger partial charge in [-0.05, 0) is 18.6 Å². The molecule has 21 heavy (non-hydrogen) atoms. The number of hydrogen-bond acceptors (Lipinski definition) is 5. The molecule has 1 aliphatic rings. The molecule has 1 aromatic carbocycles. The van der Waals surface area contributed by atoms with Crippen molar-refractivity contribution in [3.05, 3.63) is 24.3 Å². The van der Waals surface area contributed by atoms with Crippen molar-refractivity contribution in [2.24, 2.45) is 0 Å². The van der Waals surface area contributed by atoms with E-state index in [1.165, 1.54) is 7.11 Å². The molecule has 0 saturated carbocycles. The Kier molecular flexibility index (Phi) is 4.46. The minimum absolute atomic E-state index is 0.0372. The normalized spacial score (nSPS) is 19.8. The van der Waals surface area contributed by atoms with Crippen LogP contribution in [0.1, 0.15) is 6.42 Å². The van der Waals surface area contributed by atoms with Gasteiger partial charge in [-0.15, -0.1) is 0 Å². The summed E-state index contributed by atoms with van der Waals surface area (Å²) in [5.74, 6) is -1.22. The monoisotopic (exact) mass is 312 g/mol. The number of nitrogens with one attached hydrogen (secondary N) is 2. The van der Waals surface area contributed by atoms with Crippen LogP contribution < -0.4 is 15.4 Å². The SMILES string of the molecule is COc1cccc(NC(=O)C(=O)NC2CCS(=O)(=O)C2)c1. The summed E-state index contributed by atoms with van der Waals surface area (Å²) in [4.78, 5) is 23.5. The van der Waals surface area contributed by atoms with Crippen molar-refractivity contribution < 1.29 is 22.7 Å². The van der Waals surface area contributed by atoms with Gasteiger partial charge in [-0.2, -0.15) is 0 Å². The van der Waals surface area contributed by atoms with Gasteiger partial charge < -0.3 is 15.4 Å². The Balaban J connectivity index is 1.92. The molecule has 1 unspecified atom stereocenters. The maximum atomic E-state index is 11.7. The van der Waals surface area contributed by atoms with Crippen LogP contribution in [0, 0.1) is 0 Å². The molecule has 0 bridgehead atoms. The van der Waals surface area contributed by atoms with E-state index >= 15 is 0 Å². The Bertz CT molecular complexity index is 656. The molecular weight excluding hydrogens is 296 g/mol. The second-order valence-corrected chi connectivity index (χ2v) is 6.99. The van der Waals surface area contributed by atoms with E-state index in [0.29, 0.717) is 17.9 Å². The van der Waals surface area contributed by atoms with Crippen LogP contribution in [-0.2, 0) is 19.4 Å². The molecule has 2 rings (SSSR count). The van der Waals surface area contributed by atoms with Crippen molar-refractivity contribution in [2.75, 3.05) is 23.9 Å². The predicted molar refractivity (Wildman–Crippen MR) is 76.8 cm³/mol. The number of methoxy groups -OCH3 is 1. The zero-order chi connectivity index (χ0) is 15.5. The first-order valence-corrected chi connectivity index (χ1v) is 8.18. The van der Waals surface area contributed by atoms with Gasteiger partial charge >= 0.3 is 11.8 Å². The molecule has 2 amide bonds. The number of rotatable bonds is 3. The second-order valence-electron chi connectivity index (χ2n) is 4.76. The zero-order valence-corrected chi connectivity index (χ0v) is 12.3. The van der Waals surface area contributed by atoms with Gasteiger partial charge in [0.1, 0.15) is 5.75 Å². The summed E-state index contributed by atoms with van der Waals surface area (Å²) in [7, 11) is -1.60. The van der Waals surface area contributed by atoms with Crippen molar-refractivity contribution in [3.8, 4) is 5.75 Å². The summed E-state index contributed by atoms with van der Waals surface area (Å²) in [6.07, 6.45) is 0.334. The first-order chi connectivity index (χ1) is 9.89. The standard InChI is InChI=1S/C13H16N2O5S/c1-20-11-4-2-3-9(7-11)14-12(16)13(17)15-10-5-6-21(18,19)8-10/h2-4,7,10H,5-6,8H2,1H3,(H,14,16)(H,15,17). The number of carbonyl (C=O) groups excluding carboxylic acids is 2. The molecule has 1 fully saturated rings. The minimum atomic E-state index is -3.10. The largest absolute Gasteiger partial charge is 0.497 e. The molecule has 1 heterocycles. The molecule has 0 radical (unpaired) electrons. The molecule has 1 saturated heterocycles. The topological polar surface area (TPSA) is 102 Å². The van der Waals surface area contributed by atoms with Crippen LogP contribution in [0.3, 0.4) is 0 Å². The highest BCUT2D eigenvalue weighted by Crippen LogP contribution is 2.16. The summed E-state index contributed by atoms with van der Waals surface area (Å²) in [5.41, 5.74) is 0.425. The summed E-state index contributed by atoms with van der Waals surface area (Å²) in [6.45, 7) is 0. The van der Waals surface area contributed by atoms with Crippen LogP contribution in [0.2, 0.25) is 0 Å². The number of amides is 2. The van der Waals surface area contributed by atoms with Crippen molar-refractivity contribution >= 4 is 27.3 Å². The molecule has 1 atom stereocenters. The van der Waals surface area contributed by atoms with Crippen molar-refractivity contribution in [3.63, 3.8) is 0 Å². The molecule has 8 heteroatoms. The molecule has 114 valence electrons. The fourth-order valence-corrected chi connectivity index (χ4v) is 3.72. The lowest BCUT2D eigenvalue weighted by Crippen LogP contribution is -2.42. The van der Waals surface area contributed by atoms with E-state index in [9.17, 15) is 18.0 Å². The van der Waals surface area contributed by atoms with Crippen LogP contribution in [0.5, 0.6) is 5.75 Å². The van der Waals surface area contributed by atoms with Gasteiger partial charge in [0, 0.05) is 17.8 Å². The van der Waals surface area contributed by atoms with Gasteiger partial charge in [-0.1, -0.05) is 6.07 Å². The van der Waals surface area contributed by atoms with Gasteiger partial charge in [0.2, 0.25) is 0 Å². The van der Waals surface area contributed by atoms with Crippen LogP contribution in [0.25, 0.3) is 0 Å². The average molecular weight is 312 g/mol. The highest BCUT2D eigenvalue weighted by Gasteiger charge is 2.30. The van der Waals surface area contributed by atoms with Crippen LogP contribution in [-0.4, -0.2) is 44.9 Å². The number of sulfone groups is 1. The molecule has 2 N–H and O–H groups in total. The Morgan fingerprint density at radius 1 is 1.29 bits per heavy atom. The van der Waals surface area contributed by atoms with E-state index in [1.807, 2.05) is 0 Å². The second kappa shape index (κ2) is 6.13. The van der Waals surface area contributed by atoms with Crippen molar-refractivity contribution in [1.82, 2.24) is 5.32 Å². The van der Waals surface area contributed by atoms with Gasteiger partial charge in [-0.3, -0.25) is 9.59 Å². The number of benzene rings is 1. The Hall–Kier alpha value is -2.09. The Morgan fingerprint density at radius 2 is 2.05 bits per heavy atom. The third-order valence-corrected chi connectivity index (χ3v) is 4.87. The highest BCUT2D eigenvalue weighted by molar-refractivity contribution is 7.91. The van der Waals surface area contributed by atoms with E-state index in [4.69, 9.17) is 4.74 Å². The van der Waals surface area contributed by atoms with E-state index in [1.54, 1.807) is 24.3 Å². The molecule has 1 aromatic rings. The van der Waals surface area contributed by atoms with Crippen molar-refractivity contribution in [1.29, 1.82) is 0 Å². The third kappa shape index (κ3) is 4.19. The van der Waals surface area contributed by atoms with E-state index < -0.39 is 27.7 Å². The summed E-state index contributed by atoms with van der Waals surface area (Å²) in [5, 5.41) is 4.85. The van der Waals surface area contributed by atoms with Gasteiger partial charge in [0.25, 0.3) is 0 Å². The average Bonchev–Trinajstić information content (AvgIpc) is 2.78. The lowest BCUT2D eigenvalue weighted by Gasteiger charge is -2.11. The highest BCUT2D eigenvalue weighted by atomic mass is 32.2. The van der Waals surface area contributed by atoms with Gasteiger partial charge in [-0.25, -0.2) is 8.42 Å².